The second-order valence-corrected chi connectivity index (χ2v) is 7.57. The van der Waals surface area contributed by atoms with E-state index in [9.17, 15) is 22.8 Å². The van der Waals surface area contributed by atoms with Crippen LogP contribution < -0.4 is 15.5 Å². The van der Waals surface area contributed by atoms with Crippen molar-refractivity contribution in [1.82, 2.24) is 10.2 Å². The molecule has 1 unspecified atom stereocenters. The minimum atomic E-state index is -4.73. The summed E-state index contributed by atoms with van der Waals surface area (Å²) in [5.41, 5.74) is -0.854. The largest absolute Gasteiger partial charge is 0.417 e. The minimum absolute atomic E-state index is 0.0428. The zero-order valence-corrected chi connectivity index (χ0v) is 18.4. The van der Waals surface area contributed by atoms with Gasteiger partial charge >= 0.3 is 12.2 Å². The van der Waals surface area contributed by atoms with Gasteiger partial charge in [0.15, 0.2) is 0 Å². The first-order valence-corrected chi connectivity index (χ1v) is 10.5. The Labute approximate surface area is 194 Å². The van der Waals surface area contributed by atoms with Crippen LogP contribution in [-0.4, -0.2) is 62.8 Å². The molecule has 1 atom stereocenters. The summed E-state index contributed by atoms with van der Waals surface area (Å²) < 4.78 is 45.4. The predicted molar refractivity (Wildman–Crippen MR) is 119 cm³/mol. The molecule has 180 valence electrons. The number of hydrogen-bond acceptors (Lipinski definition) is 5. The van der Waals surface area contributed by atoms with E-state index >= 15 is 0 Å². The SMILES string of the molecule is COCCNC(=O)C1CN(C(=O)Nc2ccccc2)CCN1c1ccc(C#N)c(C(F)(F)F)c1. The predicted octanol–water partition coefficient (Wildman–Crippen LogP) is 3.06. The number of hydrogen-bond donors (Lipinski definition) is 2. The number of para-hydroxylation sites is 1. The zero-order chi connectivity index (χ0) is 24.7. The maximum absolute atomic E-state index is 13.5. The van der Waals surface area contributed by atoms with Crippen molar-refractivity contribution < 1.29 is 27.5 Å². The normalized spacial score (nSPS) is 16.0. The monoisotopic (exact) mass is 475 g/mol. The molecule has 1 saturated heterocycles. The summed E-state index contributed by atoms with van der Waals surface area (Å²) in [5, 5.41) is 14.5. The topological polar surface area (TPSA) is 97.7 Å². The Morgan fingerprint density at radius 3 is 2.56 bits per heavy atom. The maximum atomic E-state index is 13.5. The van der Waals surface area contributed by atoms with Gasteiger partial charge in [0.25, 0.3) is 0 Å². The number of nitrogens with one attached hydrogen (secondary N) is 2. The van der Waals surface area contributed by atoms with E-state index < -0.39 is 35.3 Å². The smallest absolute Gasteiger partial charge is 0.383 e. The quantitative estimate of drug-likeness (QED) is 0.626. The second kappa shape index (κ2) is 10.9. The number of carbonyl (C=O) groups is 2. The number of alkyl halides is 3. The van der Waals surface area contributed by atoms with Crippen LogP contribution in [0.5, 0.6) is 0 Å². The Balaban J connectivity index is 1.86. The van der Waals surface area contributed by atoms with Gasteiger partial charge in [-0.1, -0.05) is 18.2 Å². The highest BCUT2D eigenvalue weighted by molar-refractivity contribution is 5.91. The van der Waals surface area contributed by atoms with E-state index in [4.69, 9.17) is 10.00 Å². The van der Waals surface area contributed by atoms with Crippen molar-refractivity contribution in [2.75, 3.05) is 50.1 Å². The lowest BCUT2D eigenvalue weighted by Gasteiger charge is -2.42. The summed E-state index contributed by atoms with van der Waals surface area (Å²) in [4.78, 5) is 28.7. The highest BCUT2D eigenvalue weighted by atomic mass is 19.4. The summed E-state index contributed by atoms with van der Waals surface area (Å²) in [6.07, 6.45) is -4.73. The van der Waals surface area contributed by atoms with E-state index in [0.717, 1.165) is 12.1 Å². The fourth-order valence-corrected chi connectivity index (χ4v) is 3.66. The van der Waals surface area contributed by atoms with Crippen LogP contribution in [0.4, 0.5) is 29.3 Å². The van der Waals surface area contributed by atoms with Gasteiger partial charge in [-0.05, 0) is 30.3 Å². The van der Waals surface area contributed by atoms with Crippen LogP contribution in [0.15, 0.2) is 48.5 Å². The molecule has 0 bridgehead atoms. The molecule has 2 aromatic rings. The lowest BCUT2D eigenvalue weighted by molar-refractivity contribution is -0.137. The summed E-state index contributed by atoms with van der Waals surface area (Å²) >= 11 is 0. The number of nitrogens with zero attached hydrogens (tertiary/aromatic N) is 3. The van der Waals surface area contributed by atoms with Crippen LogP contribution in [0.3, 0.4) is 0 Å². The average Bonchev–Trinajstić information content (AvgIpc) is 2.83. The van der Waals surface area contributed by atoms with Crippen molar-refractivity contribution in [1.29, 1.82) is 5.26 Å². The average molecular weight is 475 g/mol. The minimum Gasteiger partial charge on any atom is -0.383 e. The Kier molecular flexibility index (Phi) is 7.96. The van der Waals surface area contributed by atoms with E-state index in [1.54, 1.807) is 30.3 Å². The van der Waals surface area contributed by atoms with Crippen LogP contribution in [0.2, 0.25) is 0 Å². The number of ether oxygens (including phenoxy) is 1. The van der Waals surface area contributed by atoms with Crippen LogP contribution in [0.25, 0.3) is 0 Å². The lowest BCUT2D eigenvalue weighted by Crippen LogP contribution is -2.61. The molecule has 0 aromatic heterocycles. The molecule has 2 N–H and O–H groups in total. The number of amides is 3. The second-order valence-electron chi connectivity index (χ2n) is 7.57. The van der Waals surface area contributed by atoms with E-state index in [0.29, 0.717) is 5.69 Å². The standard InChI is InChI=1S/C23H24F3N5O3/c1-34-12-9-28-21(32)20-15-30(22(33)29-17-5-3-2-4-6-17)10-11-31(20)18-8-7-16(14-27)19(13-18)23(24,25)26/h2-8,13,20H,9-12,15H2,1H3,(H,28,32)(H,29,33). The molecule has 0 spiro atoms. The first kappa shape index (κ1) is 24.9. The van der Waals surface area contributed by atoms with Gasteiger partial charge in [0, 0.05) is 38.1 Å². The van der Waals surface area contributed by atoms with Gasteiger partial charge in [0.2, 0.25) is 5.91 Å². The Morgan fingerprint density at radius 1 is 1.18 bits per heavy atom. The van der Waals surface area contributed by atoms with E-state index in [1.807, 2.05) is 6.07 Å². The van der Waals surface area contributed by atoms with Gasteiger partial charge in [-0.3, -0.25) is 4.79 Å². The molecule has 8 nitrogen and oxygen atoms in total. The van der Waals surface area contributed by atoms with Gasteiger partial charge in [0.1, 0.15) is 6.04 Å². The molecule has 3 rings (SSSR count). The zero-order valence-electron chi connectivity index (χ0n) is 18.4. The highest BCUT2D eigenvalue weighted by Gasteiger charge is 2.38. The number of anilines is 2. The van der Waals surface area contributed by atoms with E-state index in [1.165, 1.54) is 23.0 Å². The fraction of sp³-hybridized carbons (Fsp3) is 0.348. The van der Waals surface area contributed by atoms with Gasteiger partial charge in [0.05, 0.1) is 30.3 Å². The molecule has 2 aromatic carbocycles. The molecule has 0 aliphatic carbocycles. The Morgan fingerprint density at radius 2 is 1.91 bits per heavy atom. The summed E-state index contributed by atoms with van der Waals surface area (Å²) in [5.74, 6) is -0.452. The van der Waals surface area contributed by atoms with Crippen LogP contribution in [0, 0.1) is 11.3 Å². The van der Waals surface area contributed by atoms with Crippen LogP contribution in [-0.2, 0) is 15.7 Å². The van der Waals surface area contributed by atoms with Crippen LogP contribution in [0.1, 0.15) is 11.1 Å². The number of carbonyl (C=O) groups excluding carboxylic acids is 2. The molecule has 0 radical (unpaired) electrons. The number of methoxy groups -OCH3 is 1. The number of urea groups is 1. The van der Waals surface area contributed by atoms with Crippen molar-refractivity contribution in [2.45, 2.75) is 12.2 Å². The Hall–Kier alpha value is -3.78. The third kappa shape index (κ3) is 5.96. The molecule has 1 fully saturated rings. The van der Waals surface area contributed by atoms with Gasteiger partial charge in [-0.15, -0.1) is 0 Å². The van der Waals surface area contributed by atoms with Gasteiger partial charge < -0.3 is 25.2 Å². The lowest BCUT2D eigenvalue weighted by atomic mass is 10.0. The number of rotatable bonds is 6. The Bertz CT molecular complexity index is 1060. The third-order valence-corrected chi connectivity index (χ3v) is 5.36. The molecule has 11 heteroatoms. The van der Waals surface area contributed by atoms with Gasteiger partial charge in [-0.25, -0.2) is 4.79 Å². The number of piperazine rings is 1. The summed E-state index contributed by atoms with van der Waals surface area (Å²) in [7, 11) is 1.48. The van der Waals surface area contributed by atoms with Crippen molar-refractivity contribution in [3.05, 3.63) is 59.7 Å². The van der Waals surface area contributed by atoms with Gasteiger partial charge in [-0.2, -0.15) is 18.4 Å². The van der Waals surface area contributed by atoms with Crippen molar-refractivity contribution in [2.24, 2.45) is 0 Å². The van der Waals surface area contributed by atoms with Crippen molar-refractivity contribution >= 4 is 23.3 Å². The van der Waals surface area contributed by atoms with Crippen LogP contribution >= 0.6 is 0 Å². The first-order chi connectivity index (χ1) is 16.2. The molecular weight excluding hydrogens is 451 g/mol. The number of halogens is 3. The molecule has 1 aliphatic rings. The highest BCUT2D eigenvalue weighted by Crippen LogP contribution is 2.35. The molecule has 0 saturated carbocycles. The third-order valence-electron chi connectivity index (χ3n) is 5.36. The maximum Gasteiger partial charge on any atom is 0.417 e. The molecule has 34 heavy (non-hydrogen) atoms. The molecule has 3 amide bonds. The van der Waals surface area contributed by atoms with Crippen molar-refractivity contribution in [3.8, 4) is 6.07 Å². The fourth-order valence-electron chi connectivity index (χ4n) is 3.66. The number of benzene rings is 2. The van der Waals surface area contributed by atoms with E-state index in [-0.39, 0.29) is 38.5 Å². The summed E-state index contributed by atoms with van der Waals surface area (Å²) in [6, 6.07) is 12.3. The van der Waals surface area contributed by atoms with Crippen molar-refractivity contribution in [3.63, 3.8) is 0 Å². The van der Waals surface area contributed by atoms with E-state index in [2.05, 4.69) is 10.6 Å². The first-order valence-electron chi connectivity index (χ1n) is 10.5. The summed E-state index contributed by atoms with van der Waals surface area (Å²) in [6.45, 7) is 0.720. The molecular formula is C23H24F3N5O3. The number of nitriles is 1. The molecule has 1 heterocycles. The molecule has 1 aliphatic heterocycles.